The average molecular weight is 450 g/mol. The van der Waals surface area contributed by atoms with Gasteiger partial charge in [-0.3, -0.25) is 4.79 Å². The van der Waals surface area contributed by atoms with Gasteiger partial charge in [-0.1, -0.05) is 0 Å². The lowest BCUT2D eigenvalue weighted by atomic mass is 9.48. The summed E-state index contributed by atoms with van der Waals surface area (Å²) in [6.07, 6.45) is 7.62. The number of phenolic OH excluding ortho intramolecular Hbond substituents is 1. The molecule has 4 bridgehead atoms. The third kappa shape index (κ3) is 3.96. The van der Waals surface area contributed by atoms with Gasteiger partial charge < -0.3 is 19.9 Å². The van der Waals surface area contributed by atoms with Gasteiger partial charge in [0.25, 0.3) is 5.91 Å². The lowest BCUT2D eigenvalue weighted by molar-refractivity contribution is -0.00617. The van der Waals surface area contributed by atoms with Crippen molar-refractivity contribution in [3.8, 4) is 11.5 Å². The molecule has 2 aromatic carbocycles. The average Bonchev–Trinajstić information content (AvgIpc) is 2.78. The van der Waals surface area contributed by atoms with Crippen LogP contribution in [-0.4, -0.2) is 30.7 Å². The Kier molecular flexibility index (Phi) is 5.55. The van der Waals surface area contributed by atoms with Gasteiger partial charge in [-0.15, -0.1) is 0 Å². The maximum absolute atomic E-state index is 13.1. The summed E-state index contributed by atoms with van der Waals surface area (Å²) in [5, 5.41) is 13.1. The van der Waals surface area contributed by atoms with Gasteiger partial charge in [-0.2, -0.15) is 0 Å². The highest BCUT2D eigenvalue weighted by molar-refractivity contribution is 6.05. The van der Waals surface area contributed by atoms with Crippen LogP contribution in [0.2, 0.25) is 0 Å². The fourth-order valence-electron chi connectivity index (χ4n) is 6.90. The molecule has 0 atom stereocenters. The van der Waals surface area contributed by atoms with Crippen LogP contribution in [0.4, 0.5) is 5.69 Å². The summed E-state index contributed by atoms with van der Waals surface area (Å²) >= 11 is 0. The zero-order valence-electron chi connectivity index (χ0n) is 19.2. The fraction of sp³-hybridized carbons (Fsp3) is 0.481. The van der Waals surface area contributed by atoms with Crippen LogP contribution in [0.5, 0.6) is 11.5 Å². The van der Waals surface area contributed by atoms with Gasteiger partial charge in [0, 0.05) is 22.9 Å². The van der Waals surface area contributed by atoms with Crippen LogP contribution in [0.15, 0.2) is 36.4 Å². The summed E-state index contributed by atoms with van der Waals surface area (Å²) in [4.78, 5) is 25.0. The van der Waals surface area contributed by atoms with Gasteiger partial charge in [-0.25, -0.2) is 4.79 Å². The van der Waals surface area contributed by atoms with Gasteiger partial charge in [0.2, 0.25) is 0 Å². The first-order valence-electron chi connectivity index (χ1n) is 11.9. The number of amides is 1. The Morgan fingerprint density at radius 2 is 1.70 bits per heavy atom. The van der Waals surface area contributed by atoms with Crippen molar-refractivity contribution in [2.75, 3.05) is 19.0 Å². The molecule has 0 aliphatic heterocycles. The predicted octanol–water partition coefficient (Wildman–Crippen LogP) is 5.30. The summed E-state index contributed by atoms with van der Waals surface area (Å²) in [5.74, 6) is 2.16. The molecule has 2 N–H and O–H groups in total. The number of phenols is 1. The van der Waals surface area contributed by atoms with Crippen molar-refractivity contribution < 1.29 is 24.2 Å². The van der Waals surface area contributed by atoms with E-state index in [0.29, 0.717) is 11.3 Å². The number of esters is 1. The van der Waals surface area contributed by atoms with E-state index >= 15 is 0 Å². The number of aromatic hydroxyl groups is 1. The summed E-state index contributed by atoms with van der Waals surface area (Å²) in [7, 11) is 1.70. The highest BCUT2D eigenvalue weighted by atomic mass is 16.5. The van der Waals surface area contributed by atoms with Gasteiger partial charge >= 0.3 is 5.97 Å². The molecule has 4 aliphatic rings. The summed E-state index contributed by atoms with van der Waals surface area (Å²) in [5.41, 5.74) is 2.32. The molecule has 0 saturated heterocycles. The van der Waals surface area contributed by atoms with Gasteiger partial charge in [0.1, 0.15) is 17.1 Å². The number of benzene rings is 2. The normalized spacial score (nSPS) is 27.3. The highest BCUT2D eigenvalue weighted by Crippen LogP contribution is 2.61. The second kappa shape index (κ2) is 8.40. The van der Waals surface area contributed by atoms with E-state index in [1.54, 1.807) is 26.2 Å². The molecule has 2 aromatic rings. The first kappa shape index (κ1) is 21.8. The molecular formula is C27H31NO5. The molecule has 6 nitrogen and oxygen atoms in total. The molecule has 33 heavy (non-hydrogen) atoms. The molecule has 0 aromatic heterocycles. The van der Waals surface area contributed by atoms with Crippen molar-refractivity contribution in [2.24, 2.45) is 17.8 Å². The van der Waals surface area contributed by atoms with Crippen LogP contribution in [0, 0.1) is 17.8 Å². The Hall–Kier alpha value is -3.02. The maximum Gasteiger partial charge on any atom is 0.341 e. The minimum Gasteiger partial charge on any atom is -0.507 e. The molecule has 0 heterocycles. The van der Waals surface area contributed by atoms with Crippen LogP contribution < -0.4 is 10.1 Å². The molecule has 4 fully saturated rings. The molecule has 0 unspecified atom stereocenters. The van der Waals surface area contributed by atoms with Crippen LogP contribution in [-0.2, 0) is 10.2 Å². The van der Waals surface area contributed by atoms with E-state index < -0.39 is 5.97 Å². The van der Waals surface area contributed by atoms with Crippen molar-refractivity contribution in [3.63, 3.8) is 0 Å². The number of anilines is 1. The third-order valence-electron chi connectivity index (χ3n) is 7.82. The SMILES string of the molecule is CCOC(=O)c1ccc(NC(=O)c2ccc(OC)c(C34CC5CC(CC(C5)C3)C4)c2)cc1O. The van der Waals surface area contributed by atoms with Crippen LogP contribution in [0.1, 0.15) is 71.7 Å². The lowest BCUT2D eigenvalue weighted by Gasteiger charge is -2.57. The molecule has 4 aliphatic carbocycles. The number of rotatable bonds is 6. The fourth-order valence-corrected chi connectivity index (χ4v) is 6.90. The van der Waals surface area contributed by atoms with Crippen molar-refractivity contribution >= 4 is 17.6 Å². The molecule has 1 amide bonds. The summed E-state index contributed by atoms with van der Waals surface area (Å²) in [6, 6.07) is 10.1. The summed E-state index contributed by atoms with van der Waals surface area (Å²) in [6.45, 7) is 1.93. The first-order chi connectivity index (χ1) is 15.9. The smallest absolute Gasteiger partial charge is 0.341 e. The minimum atomic E-state index is -0.594. The number of hydrogen-bond donors (Lipinski definition) is 2. The van der Waals surface area contributed by atoms with Crippen LogP contribution in [0.25, 0.3) is 0 Å². The van der Waals surface area contributed by atoms with Gasteiger partial charge in [0.05, 0.1) is 13.7 Å². The maximum atomic E-state index is 13.1. The number of carbonyl (C=O) groups excluding carboxylic acids is 2. The second-order valence-corrected chi connectivity index (χ2v) is 10.0. The van der Waals surface area contributed by atoms with Crippen LogP contribution in [0.3, 0.4) is 0 Å². The molecular weight excluding hydrogens is 418 g/mol. The highest BCUT2D eigenvalue weighted by Gasteiger charge is 2.52. The van der Waals surface area contributed by atoms with E-state index in [0.717, 1.165) is 29.1 Å². The Morgan fingerprint density at radius 1 is 1.03 bits per heavy atom. The standard InChI is InChI=1S/C27H31NO5/c1-3-33-26(31)21-6-5-20(12-23(21)29)28-25(30)19-4-7-24(32-2)22(11-19)27-13-16-8-17(14-27)10-18(9-16)15-27/h4-7,11-12,16-18,29H,3,8-10,13-15H2,1-2H3,(H,28,30). The minimum absolute atomic E-state index is 0.0726. The van der Waals surface area contributed by atoms with Crippen molar-refractivity contribution in [3.05, 3.63) is 53.1 Å². The summed E-state index contributed by atoms with van der Waals surface area (Å²) < 4.78 is 10.7. The monoisotopic (exact) mass is 449 g/mol. The largest absolute Gasteiger partial charge is 0.507 e. The van der Waals surface area contributed by atoms with Crippen molar-refractivity contribution in [2.45, 2.75) is 50.9 Å². The number of hydrogen-bond acceptors (Lipinski definition) is 5. The van der Waals surface area contributed by atoms with Crippen LogP contribution >= 0.6 is 0 Å². The van der Waals surface area contributed by atoms with Crippen molar-refractivity contribution in [1.82, 2.24) is 0 Å². The molecule has 6 heteroatoms. The lowest BCUT2D eigenvalue weighted by Crippen LogP contribution is -2.48. The van der Waals surface area contributed by atoms with Crippen molar-refractivity contribution in [1.29, 1.82) is 0 Å². The van der Waals surface area contributed by atoms with Gasteiger partial charge in [0.15, 0.2) is 0 Å². The molecule has 4 saturated carbocycles. The topological polar surface area (TPSA) is 84.9 Å². The van der Waals surface area contributed by atoms with Gasteiger partial charge in [-0.05, 0) is 98.9 Å². The van der Waals surface area contributed by atoms with E-state index in [2.05, 4.69) is 5.32 Å². The Bertz CT molecular complexity index is 1060. The quantitative estimate of drug-likeness (QED) is 0.585. The van der Waals surface area contributed by atoms with E-state index in [-0.39, 0.29) is 29.2 Å². The molecule has 6 rings (SSSR count). The number of methoxy groups -OCH3 is 1. The molecule has 0 spiro atoms. The third-order valence-corrected chi connectivity index (χ3v) is 7.82. The van der Waals surface area contributed by atoms with E-state index in [4.69, 9.17) is 9.47 Å². The second-order valence-electron chi connectivity index (χ2n) is 10.0. The number of nitrogens with one attached hydrogen (secondary N) is 1. The zero-order valence-corrected chi connectivity index (χ0v) is 19.2. The Balaban J connectivity index is 1.40. The molecule has 174 valence electrons. The first-order valence-corrected chi connectivity index (χ1v) is 11.9. The molecule has 0 radical (unpaired) electrons. The van der Waals surface area contributed by atoms with E-state index in [1.807, 2.05) is 12.1 Å². The predicted molar refractivity (Wildman–Crippen MR) is 125 cm³/mol. The Labute approximate surface area is 194 Å². The van der Waals surface area contributed by atoms with E-state index in [9.17, 15) is 14.7 Å². The van der Waals surface area contributed by atoms with E-state index in [1.165, 1.54) is 50.7 Å². The number of ether oxygens (including phenoxy) is 2. The number of carbonyl (C=O) groups is 2. The zero-order chi connectivity index (χ0) is 23.2. The Morgan fingerprint density at radius 3 is 2.27 bits per heavy atom.